The molecule has 3 heterocycles. The summed E-state index contributed by atoms with van der Waals surface area (Å²) in [6, 6.07) is 5.62. The lowest BCUT2D eigenvalue weighted by atomic mass is 9.93. The standard InChI is InChI=1S/C15H17N3O3/c19-14(20)9-11-4-7-17(8-5-11)15(21)12-10-16-18-6-2-1-3-13(12)18/h1-3,6,10-11H,4-5,7-9H2,(H,19,20). The number of rotatable bonds is 3. The lowest BCUT2D eigenvalue weighted by molar-refractivity contribution is -0.138. The van der Waals surface area contributed by atoms with Crippen molar-refractivity contribution in [2.45, 2.75) is 19.3 Å². The first-order valence-electron chi connectivity index (χ1n) is 7.08. The number of likely N-dealkylation sites (tertiary alicyclic amines) is 1. The molecule has 3 rings (SSSR count). The minimum atomic E-state index is -0.762. The molecule has 110 valence electrons. The number of aromatic nitrogens is 2. The summed E-state index contributed by atoms with van der Waals surface area (Å²) in [6.45, 7) is 1.22. The molecule has 2 aromatic heterocycles. The Bertz CT molecular complexity index is 672. The number of piperidine rings is 1. The van der Waals surface area contributed by atoms with Crippen LogP contribution in [0.2, 0.25) is 0 Å². The molecule has 2 aromatic rings. The summed E-state index contributed by atoms with van der Waals surface area (Å²) in [6.07, 6.45) is 5.10. The van der Waals surface area contributed by atoms with E-state index >= 15 is 0 Å². The van der Waals surface area contributed by atoms with Gasteiger partial charge in [-0.1, -0.05) is 6.07 Å². The zero-order valence-electron chi connectivity index (χ0n) is 11.6. The highest BCUT2D eigenvalue weighted by Crippen LogP contribution is 2.22. The number of pyridine rings is 1. The van der Waals surface area contributed by atoms with Crippen LogP contribution in [-0.2, 0) is 4.79 Å². The van der Waals surface area contributed by atoms with E-state index in [-0.39, 0.29) is 18.2 Å². The fourth-order valence-corrected chi connectivity index (χ4v) is 2.86. The highest BCUT2D eigenvalue weighted by molar-refractivity contribution is 6.00. The van der Waals surface area contributed by atoms with Crippen LogP contribution in [0.25, 0.3) is 5.52 Å². The van der Waals surface area contributed by atoms with E-state index in [0.717, 1.165) is 18.4 Å². The molecule has 0 unspecified atom stereocenters. The first-order chi connectivity index (χ1) is 10.1. The van der Waals surface area contributed by atoms with E-state index < -0.39 is 5.97 Å². The van der Waals surface area contributed by atoms with Gasteiger partial charge in [-0.15, -0.1) is 0 Å². The molecule has 0 atom stereocenters. The van der Waals surface area contributed by atoms with Crippen molar-refractivity contribution in [1.29, 1.82) is 0 Å². The summed E-state index contributed by atoms with van der Waals surface area (Å²) in [7, 11) is 0. The molecule has 0 aliphatic carbocycles. The minimum Gasteiger partial charge on any atom is -0.481 e. The number of carbonyl (C=O) groups is 2. The number of hydrogen-bond acceptors (Lipinski definition) is 3. The van der Waals surface area contributed by atoms with Crippen LogP contribution in [0.1, 0.15) is 29.6 Å². The van der Waals surface area contributed by atoms with Crippen molar-refractivity contribution in [1.82, 2.24) is 14.5 Å². The summed E-state index contributed by atoms with van der Waals surface area (Å²) in [4.78, 5) is 25.1. The van der Waals surface area contributed by atoms with Gasteiger partial charge in [-0.2, -0.15) is 5.10 Å². The Morgan fingerprint density at radius 1 is 1.29 bits per heavy atom. The largest absolute Gasteiger partial charge is 0.481 e. The van der Waals surface area contributed by atoms with Gasteiger partial charge in [0.1, 0.15) is 0 Å². The van der Waals surface area contributed by atoms with Gasteiger partial charge in [-0.05, 0) is 30.9 Å². The fraction of sp³-hybridized carbons (Fsp3) is 0.400. The molecule has 0 spiro atoms. The van der Waals surface area contributed by atoms with Crippen molar-refractivity contribution in [3.63, 3.8) is 0 Å². The second-order valence-corrected chi connectivity index (χ2v) is 5.42. The van der Waals surface area contributed by atoms with Crippen molar-refractivity contribution in [3.8, 4) is 0 Å². The molecule has 1 amide bonds. The van der Waals surface area contributed by atoms with E-state index in [1.807, 2.05) is 24.4 Å². The van der Waals surface area contributed by atoms with Crippen LogP contribution in [0.5, 0.6) is 0 Å². The molecule has 6 nitrogen and oxygen atoms in total. The Morgan fingerprint density at radius 2 is 2.05 bits per heavy atom. The number of hydrogen-bond donors (Lipinski definition) is 1. The van der Waals surface area contributed by atoms with E-state index in [0.29, 0.717) is 18.7 Å². The average Bonchev–Trinajstić information content (AvgIpc) is 2.90. The molecule has 0 saturated carbocycles. The number of carbonyl (C=O) groups excluding carboxylic acids is 1. The molecule has 21 heavy (non-hydrogen) atoms. The van der Waals surface area contributed by atoms with Crippen molar-refractivity contribution >= 4 is 17.4 Å². The lowest BCUT2D eigenvalue weighted by Gasteiger charge is -2.31. The molecule has 1 N–H and O–H groups in total. The van der Waals surface area contributed by atoms with Crippen molar-refractivity contribution in [2.24, 2.45) is 5.92 Å². The van der Waals surface area contributed by atoms with Crippen LogP contribution in [0.4, 0.5) is 0 Å². The van der Waals surface area contributed by atoms with Gasteiger partial charge in [0.15, 0.2) is 0 Å². The van der Waals surface area contributed by atoms with Crippen molar-refractivity contribution < 1.29 is 14.7 Å². The first-order valence-corrected chi connectivity index (χ1v) is 7.08. The summed E-state index contributed by atoms with van der Waals surface area (Å²) < 4.78 is 1.68. The number of amides is 1. The average molecular weight is 287 g/mol. The minimum absolute atomic E-state index is 0.0232. The summed E-state index contributed by atoms with van der Waals surface area (Å²) in [5.74, 6) is -0.608. The van der Waals surface area contributed by atoms with Crippen molar-refractivity contribution in [3.05, 3.63) is 36.2 Å². The van der Waals surface area contributed by atoms with E-state index in [1.54, 1.807) is 15.6 Å². The Labute approximate surface area is 122 Å². The van der Waals surface area contributed by atoms with Gasteiger partial charge in [0, 0.05) is 25.7 Å². The Hall–Kier alpha value is -2.37. The SMILES string of the molecule is O=C(O)CC1CCN(C(=O)c2cnn3ccccc23)CC1. The fourth-order valence-electron chi connectivity index (χ4n) is 2.86. The third-order valence-electron chi connectivity index (χ3n) is 4.02. The topological polar surface area (TPSA) is 74.9 Å². The van der Waals surface area contributed by atoms with Gasteiger partial charge in [-0.3, -0.25) is 9.59 Å². The molecule has 1 fully saturated rings. The van der Waals surface area contributed by atoms with Gasteiger partial charge in [0.25, 0.3) is 5.91 Å². The second-order valence-electron chi connectivity index (χ2n) is 5.42. The van der Waals surface area contributed by atoms with Crippen molar-refractivity contribution in [2.75, 3.05) is 13.1 Å². The van der Waals surface area contributed by atoms with Gasteiger partial charge >= 0.3 is 5.97 Å². The zero-order chi connectivity index (χ0) is 14.8. The number of fused-ring (bicyclic) bond motifs is 1. The van der Waals surface area contributed by atoms with Crippen LogP contribution < -0.4 is 0 Å². The molecule has 0 aromatic carbocycles. The van der Waals surface area contributed by atoms with E-state index in [1.165, 1.54) is 0 Å². The number of carboxylic acid groups (broad SMARTS) is 1. The predicted octanol–water partition coefficient (Wildman–Crippen LogP) is 1.66. The number of aliphatic carboxylic acids is 1. The van der Waals surface area contributed by atoms with Crippen LogP contribution in [0, 0.1) is 5.92 Å². The molecule has 0 bridgehead atoms. The van der Waals surface area contributed by atoms with Gasteiger partial charge < -0.3 is 10.0 Å². The second kappa shape index (κ2) is 5.55. The summed E-state index contributed by atoms with van der Waals surface area (Å²) >= 11 is 0. The predicted molar refractivity (Wildman–Crippen MR) is 76.1 cm³/mol. The van der Waals surface area contributed by atoms with E-state index in [4.69, 9.17) is 5.11 Å². The number of nitrogens with zero attached hydrogens (tertiary/aromatic N) is 3. The van der Waals surface area contributed by atoms with Crippen LogP contribution in [-0.4, -0.2) is 44.6 Å². The molecular weight excluding hydrogens is 270 g/mol. The molecule has 0 radical (unpaired) electrons. The molecule has 1 aliphatic heterocycles. The Balaban J connectivity index is 1.71. The molecule has 1 saturated heterocycles. The van der Waals surface area contributed by atoms with E-state index in [2.05, 4.69) is 5.10 Å². The number of carboxylic acids is 1. The zero-order valence-corrected chi connectivity index (χ0v) is 11.6. The molecule has 6 heteroatoms. The third kappa shape index (κ3) is 2.74. The lowest BCUT2D eigenvalue weighted by Crippen LogP contribution is -2.38. The molecule has 1 aliphatic rings. The normalized spacial score (nSPS) is 16.3. The van der Waals surface area contributed by atoms with E-state index in [9.17, 15) is 9.59 Å². The quantitative estimate of drug-likeness (QED) is 0.931. The molecular formula is C15H17N3O3. The van der Waals surface area contributed by atoms with Crippen LogP contribution in [0.15, 0.2) is 30.6 Å². The van der Waals surface area contributed by atoms with Gasteiger partial charge in [0.2, 0.25) is 0 Å². The maximum absolute atomic E-state index is 12.6. The van der Waals surface area contributed by atoms with Gasteiger partial charge in [-0.25, -0.2) is 4.52 Å². The highest BCUT2D eigenvalue weighted by Gasteiger charge is 2.26. The van der Waals surface area contributed by atoms with Crippen LogP contribution in [0.3, 0.4) is 0 Å². The van der Waals surface area contributed by atoms with Gasteiger partial charge in [0.05, 0.1) is 17.3 Å². The monoisotopic (exact) mass is 287 g/mol. The smallest absolute Gasteiger partial charge is 0.303 e. The van der Waals surface area contributed by atoms with Crippen LogP contribution >= 0.6 is 0 Å². The summed E-state index contributed by atoms with van der Waals surface area (Å²) in [5, 5.41) is 13.0. The Kier molecular flexibility index (Phi) is 3.60. The maximum atomic E-state index is 12.6. The first kappa shape index (κ1) is 13.6. The Morgan fingerprint density at radius 3 is 2.76 bits per heavy atom. The maximum Gasteiger partial charge on any atom is 0.303 e. The third-order valence-corrected chi connectivity index (χ3v) is 4.02. The summed E-state index contributed by atoms with van der Waals surface area (Å²) in [5.41, 5.74) is 1.41. The highest BCUT2D eigenvalue weighted by atomic mass is 16.4.